The van der Waals surface area contributed by atoms with Crippen molar-refractivity contribution in [2.24, 2.45) is 17.6 Å². The van der Waals surface area contributed by atoms with Crippen molar-refractivity contribution in [2.75, 3.05) is 19.6 Å². The lowest BCUT2D eigenvalue weighted by Crippen LogP contribution is -2.55. The number of nitrogens with two attached hydrogens (primary N) is 1. The van der Waals surface area contributed by atoms with Gasteiger partial charge in [0, 0.05) is 25.7 Å². The van der Waals surface area contributed by atoms with Crippen LogP contribution >= 0.6 is 24.8 Å². The van der Waals surface area contributed by atoms with Crippen LogP contribution in [0.4, 0.5) is 0 Å². The molecule has 1 unspecified atom stereocenters. The van der Waals surface area contributed by atoms with Gasteiger partial charge in [0.05, 0.1) is 5.92 Å². The minimum Gasteiger partial charge on any atom is -0.351 e. The molecular formula is C11H23Cl2N3O. The van der Waals surface area contributed by atoms with Crippen molar-refractivity contribution in [3.05, 3.63) is 0 Å². The fourth-order valence-electron chi connectivity index (χ4n) is 2.50. The number of amides is 1. The quantitative estimate of drug-likeness (QED) is 0.711. The van der Waals surface area contributed by atoms with Gasteiger partial charge in [-0.2, -0.15) is 0 Å². The summed E-state index contributed by atoms with van der Waals surface area (Å²) >= 11 is 0. The molecule has 2 fully saturated rings. The normalized spacial score (nSPS) is 21.9. The predicted octanol–water partition coefficient (Wildman–Crippen LogP) is 0.683. The highest BCUT2D eigenvalue weighted by Gasteiger charge is 2.30. The number of nitrogens with one attached hydrogen (secondary N) is 2. The average molecular weight is 284 g/mol. The monoisotopic (exact) mass is 283 g/mol. The van der Waals surface area contributed by atoms with Gasteiger partial charge < -0.3 is 16.4 Å². The minimum absolute atomic E-state index is 0. The van der Waals surface area contributed by atoms with Crippen molar-refractivity contribution in [1.29, 1.82) is 0 Å². The molecule has 0 spiro atoms. The SMILES string of the molecule is Cl.Cl.NCC(NC(=O)C1CNC1)C1CCCC1. The molecule has 4 nitrogen and oxygen atoms in total. The average Bonchev–Trinajstić information content (AvgIpc) is 2.63. The third kappa shape index (κ3) is 4.28. The molecule has 0 bridgehead atoms. The van der Waals surface area contributed by atoms with Crippen LogP contribution in [-0.4, -0.2) is 31.6 Å². The molecule has 1 aliphatic heterocycles. The summed E-state index contributed by atoms with van der Waals surface area (Å²) in [7, 11) is 0. The molecule has 17 heavy (non-hydrogen) atoms. The summed E-state index contributed by atoms with van der Waals surface area (Å²) in [6.07, 6.45) is 5.04. The molecule has 0 aromatic rings. The number of halogens is 2. The zero-order chi connectivity index (χ0) is 10.7. The van der Waals surface area contributed by atoms with Gasteiger partial charge in [-0.05, 0) is 18.8 Å². The maximum absolute atomic E-state index is 11.7. The molecule has 6 heteroatoms. The van der Waals surface area contributed by atoms with Crippen LogP contribution in [0.25, 0.3) is 0 Å². The molecule has 0 aromatic carbocycles. The molecule has 1 atom stereocenters. The molecule has 1 amide bonds. The summed E-state index contributed by atoms with van der Waals surface area (Å²) in [5, 5.41) is 6.22. The van der Waals surface area contributed by atoms with Crippen LogP contribution in [-0.2, 0) is 4.79 Å². The Hall–Kier alpha value is -0.0300. The van der Waals surface area contributed by atoms with E-state index in [0.29, 0.717) is 12.5 Å². The molecule has 0 radical (unpaired) electrons. The van der Waals surface area contributed by atoms with Crippen LogP contribution in [0.1, 0.15) is 25.7 Å². The molecule has 1 saturated heterocycles. The lowest BCUT2D eigenvalue weighted by Gasteiger charge is -2.30. The van der Waals surface area contributed by atoms with Crippen molar-refractivity contribution >= 4 is 30.7 Å². The van der Waals surface area contributed by atoms with Crippen LogP contribution in [0, 0.1) is 11.8 Å². The summed E-state index contributed by atoms with van der Waals surface area (Å²) in [6, 6.07) is 0.209. The highest BCUT2D eigenvalue weighted by atomic mass is 35.5. The Kier molecular flexibility index (Phi) is 8.12. The lowest BCUT2D eigenvalue weighted by atomic mass is 9.96. The van der Waals surface area contributed by atoms with Crippen LogP contribution in [0.3, 0.4) is 0 Å². The molecule has 4 N–H and O–H groups in total. The van der Waals surface area contributed by atoms with E-state index < -0.39 is 0 Å². The van der Waals surface area contributed by atoms with E-state index in [0.717, 1.165) is 13.1 Å². The van der Waals surface area contributed by atoms with Gasteiger partial charge in [-0.1, -0.05) is 12.8 Å². The van der Waals surface area contributed by atoms with Crippen molar-refractivity contribution in [3.8, 4) is 0 Å². The smallest absolute Gasteiger partial charge is 0.225 e. The molecule has 1 aliphatic carbocycles. The first kappa shape index (κ1) is 17.0. The second-order valence-corrected chi connectivity index (χ2v) is 4.75. The lowest BCUT2D eigenvalue weighted by molar-refractivity contribution is -0.127. The number of carbonyl (C=O) groups excluding carboxylic acids is 1. The summed E-state index contributed by atoms with van der Waals surface area (Å²) in [6.45, 7) is 2.23. The maximum Gasteiger partial charge on any atom is 0.225 e. The molecule has 1 saturated carbocycles. The zero-order valence-electron chi connectivity index (χ0n) is 9.98. The van der Waals surface area contributed by atoms with E-state index in [9.17, 15) is 4.79 Å². The van der Waals surface area contributed by atoms with Gasteiger partial charge >= 0.3 is 0 Å². The Morgan fingerprint density at radius 1 is 1.29 bits per heavy atom. The summed E-state index contributed by atoms with van der Waals surface area (Å²) in [4.78, 5) is 11.7. The molecule has 0 aromatic heterocycles. The second kappa shape index (κ2) is 8.14. The number of hydrogen-bond acceptors (Lipinski definition) is 3. The van der Waals surface area contributed by atoms with Crippen LogP contribution in [0.15, 0.2) is 0 Å². The summed E-state index contributed by atoms with van der Waals surface area (Å²) in [5.41, 5.74) is 5.73. The van der Waals surface area contributed by atoms with Gasteiger partial charge in [0.2, 0.25) is 5.91 Å². The molecule has 102 valence electrons. The third-order valence-electron chi connectivity index (χ3n) is 3.70. The van der Waals surface area contributed by atoms with E-state index in [4.69, 9.17) is 5.73 Å². The van der Waals surface area contributed by atoms with Gasteiger partial charge in [0.25, 0.3) is 0 Å². The second-order valence-electron chi connectivity index (χ2n) is 4.75. The summed E-state index contributed by atoms with van der Waals surface area (Å²) < 4.78 is 0. The Morgan fingerprint density at radius 2 is 1.88 bits per heavy atom. The first-order chi connectivity index (χ1) is 7.31. The Morgan fingerprint density at radius 3 is 2.29 bits per heavy atom. The standard InChI is InChI=1S/C11H21N3O.2ClH/c12-5-10(8-3-1-2-4-8)14-11(15)9-6-13-7-9;;/h8-10,13H,1-7,12H2,(H,14,15);2*1H. The number of hydrogen-bond donors (Lipinski definition) is 3. The van der Waals surface area contributed by atoms with Crippen molar-refractivity contribution < 1.29 is 4.79 Å². The predicted molar refractivity (Wildman–Crippen MR) is 73.8 cm³/mol. The minimum atomic E-state index is 0. The largest absolute Gasteiger partial charge is 0.351 e. The van der Waals surface area contributed by atoms with E-state index >= 15 is 0 Å². The highest BCUT2D eigenvalue weighted by Crippen LogP contribution is 2.27. The van der Waals surface area contributed by atoms with E-state index in [1.807, 2.05) is 0 Å². The van der Waals surface area contributed by atoms with Gasteiger partial charge in [0.1, 0.15) is 0 Å². The highest BCUT2D eigenvalue weighted by molar-refractivity contribution is 5.85. The van der Waals surface area contributed by atoms with E-state index in [-0.39, 0.29) is 42.7 Å². The molecule has 1 heterocycles. The van der Waals surface area contributed by atoms with Crippen molar-refractivity contribution in [2.45, 2.75) is 31.7 Å². The van der Waals surface area contributed by atoms with Crippen molar-refractivity contribution in [3.63, 3.8) is 0 Å². The third-order valence-corrected chi connectivity index (χ3v) is 3.70. The first-order valence-electron chi connectivity index (χ1n) is 6.02. The molecular weight excluding hydrogens is 261 g/mol. The van der Waals surface area contributed by atoms with E-state index in [1.54, 1.807) is 0 Å². The van der Waals surface area contributed by atoms with Gasteiger partial charge in [-0.25, -0.2) is 0 Å². The first-order valence-corrected chi connectivity index (χ1v) is 6.02. The summed E-state index contributed by atoms with van der Waals surface area (Å²) in [5.74, 6) is 0.989. The van der Waals surface area contributed by atoms with Crippen LogP contribution in [0.5, 0.6) is 0 Å². The van der Waals surface area contributed by atoms with Gasteiger partial charge in [-0.15, -0.1) is 24.8 Å². The fourth-order valence-corrected chi connectivity index (χ4v) is 2.50. The Bertz CT molecular complexity index is 231. The van der Waals surface area contributed by atoms with Gasteiger partial charge in [-0.3, -0.25) is 4.79 Å². The van der Waals surface area contributed by atoms with Crippen molar-refractivity contribution in [1.82, 2.24) is 10.6 Å². The van der Waals surface area contributed by atoms with Gasteiger partial charge in [0.15, 0.2) is 0 Å². The fraction of sp³-hybridized carbons (Fsp3) is 0.909. The Balaban J connectivity index is 0.00000128. The topological polar surface area (TPSA) is 67.1 Å². The molecule has 2 aliphatic rings. The van der Waals surface area contributed by atoms with E-state index in [2.05, 4.69) is 10.6 Å². The van der Waals surface area contributed by atoms with Crippen LogP contribution < -0.4 is 16.4 Å². The Labute approximate surface area is 115 Å². The van der Waals surface area contributed by atoms with Crippen LogP contribution in [0.2, 0.25) is 0 Å². The maximum atomic E-state index is 11.7. The van der Waals surface area contributed by atoms with E-state index in [1.165, 1.54) is 25.7 Å². The number of rotatable bonds is 4. The zero-order valence-corrected chi connectivity index (χ0v) is 11.6. The number of carbonyl (C=O) groups is 1. The molecule has 2 rings (SSSR count).